The first-order chi connectivity index (χ1) is 9.78. The van der Waals surface area contributed by atoms with E-state index in [9.17, 15) is 9.90 Å². The normalized spacial score (nSPS) is 34.0. The predicted octanol–water partition coefficient (Wildman–Crippen LogP) is 2.07. The van der Waals surface area contributed by atoms with Gasteiger partial charge in [0.15, 0.2) is 24.0 Å². The highest BCUT2D eigenvalue weighted by atomic mass is 35.5. The molecule has 5 nitrogen and oxygen atoms in total. The maximum atomic E-state index is 12.5. The summed E-state index contributed by atoms with van der Waals surface area (Å²) in [5.41, 5.74) is 1.28. The standard InChI is InChI=1S/C15H17ClO5/c1-7-4-5-8(9(16)6-7)10(17)12-11(18)13-14(19-12)21-15(2,3)20-13/h4-6,11-14,18H,1-3H3/t11-,12+,13+,14+/m1/s1. The average molecular weight is 313 g/mol. The van der Waals surface area contributed by atoms with Crippen molar-refractivity contribution in [1.29, 1.82) is 0 Å². The molecule has 4 atom stereocenters. The van der Waals surface area contributed by atoms with Crippen LogP contribution in [0, 0.1) is 6.92 Å². The minimum absolute atomic E-state index is 0.325. The summed E-state index contributed by atoms with van der Waals surface area (Å²) >= 11 is 6.10. The number of benzene rings is 1. The number of hydrogen-bond acceptors (Lipinski definition) is 5. The van der Waals surface area contributed by atoms with E-state index < -0.39 is 30.4 Å². The third-order valence-electron chi connectivity index (χ3n) is 3.66. The summed E-state index contributed by atoms with van der Waals surface area (Å²) < 4.78 is 16.6. The van der Waals surface area contributed by atoms with E-state index in [-0.39, 0.29) is 5.78 Å². The lowest BCUT2D eigenvalue weighted by molar-refractivity contribution is -0.208. The van der Waals surface area contributed by atoms with Gasteiger partial charge in [-0.05, 0) is 38.5 Å². The Morgan fingerprint density at radius 1 is 1.33 bits per heavy atom. The first-order valence-electron chi connectivity index (χ1n) is 6.78. The molecule has 0 spiro atoms. The molecule has 0 radical (unpaired) electrons. The number of fused-ring (bicyclic) bond motifs is 1. The summed E-state index contributed by atoms with van der Waals surface area (Å²) in [6.07, 6.45) is -3.52. The molecule has 6 heteroatoms. The van der Waals surface area contributed by atoms with Gasteiger partial charge in [-0.2, -0.15) is 0 Å². The van der Waals surface area contributed by atoms with Crippen LogP contribution in [0.4, 0.5) is 0 Å². The van der Waals surface area contributed by atoms with Gasteiger partial charge in [0.1, 0.15) is 12.2 Å². The van der Waals surface area contributed by atoms with Crippen LogP contribution in [0.1, 0.15) is 29.8 Å². The van der Waals surface area contributed by atoms with Crippen molar-refractivity contribution in [3.8, 4) is 0 Å². The van der Waals surface area contributed by atoms with Crippen molar-refractivity contribution >= 4 is 17.4 Å². The Morgan fingerprint density at radius 3 is 2.67 bits per heavy atom. The molecule has 2 saturated heterocycles. The van der Waals surface area contributed by atoms with Crippen molar-refractivity contribution in [3.63, 3.8) is 0 Å². The van der Waals surface area contributed by atoms with Crippen LogP contribution in [-0.2, 0) is 14.2 Å². The zero-order valence-electron chi connectivity index (χ0n) is 12.0. The second-order valence-corrected chi connectivity index (χ2v) is 6.27. The maximum Gasteiger partial charge on any atom is 0.195 e. The lowest BCUT2D eigenvalue weighted by Crippen LogP contribution is -2.38. The molecule has 0 saturated carbocycles. The molecule has 21 heavy (non-hydrogen) atoms. The van der Waals surface area contributed by atoms with Crippen molar-refractivity contribution in [3.05, 3.63) is 34.3 Å². The maximum absolute atomic E-state index is 12.5. The fraction of sp³-hybridized carbons (Fsp3) is 0.533. The zero-order valence-corrected chi connectivity index (χ0v) is 12.8. The van der Waals surface area contributed by atoms with Crippen LogP contribution in [0.25, 0.3) is 0 Å². The van der Waals surface area contributed by atoms with Gasteiger partial charge in [-0.15, -0.1) is 0 Å². The van der Waals surface area contributed by atoms with E-state index in [1.165, 1.54) is 0 Å². The summed E-state index contributed by atoms with van der Waals surface area (Å²) in [4.78, 5) is 12.5. The lowest BCUT2D eigenvalue weighted by atomic mass is 10.00. The molecule has 1 aromatic rings. The minimum atomic E-state index is -1.08. The van der Waals surface area contributed by atoms with E-state index in [0.717, 1.165) is 5.56 Å². The summed E-state index contributed by atoms with van der Waals surface area (Å²) in [5.74, 6) is -1.20. The number of ether oxygens (including phenoxy) is 3. The Kier molecular flexibility index (Phi) is 3.58. The number of ketones is 1. The van der Waals surface area contributed by atoms with Gasteiger partial charge in [-0.1, -0.05) is 17.7 Å². The van der Waals surface area contributed by atoms with Gasteiger partial charge in [0, 0.05) is 5.56 Å². The smallest absolute Gasteiger partial charge is 0.195 e. The first-order valence-corrected chi connectivity index (χ1v) is 7.16. The molecular weight excluding hydrogens is 296 g/mol. The van der Waals surface area contributed by atoms with Crippen LogP contribution >= 0.6 is 11.6 Å². The monoisotopic (exact) mass is 312 g/mol. The number of aryl methyl sites for hydroxylation is 1. The molecule has 0 unspecified atom stereocenters. The molecule has 0 aliphatic carbocycles. The molecule has 1 aromatic carbocycles. The highest BCUT2D eigenvalue weighted by Gasteiger charge is 2.56. The Hall–Kier alpha value is -0.980. The Labute approximate surface area is 127 Å². The molecule has 0 aromatic heterocycles. The number of Topliss-reactive ketones (excluding diaryl/α,β-unsaturated/α-hetero) is 1. The van der Waals surface area contributed by atoms with E-state index in [1.54, 1.807) is 32.0 Å². The van der Waals surface area contributed by atoms with E-state index >= 15 is 0 Å². The molecule has 3 rings (SSSR count). The van der Waals surface area contributed by atoms with Gasteiger partial charge in [0.2, 0.25) is 0 Å². The van der Waals surface area contributed by atoms with E-state index in [4.69, 9.17) is 25.8 Å². The number of aliphatic hydroxyl groups is 1. The van der Waals surface area contributed by atoms with Crippen LogP contribution in [-0.4, -0.2) is 41.3 Å². The van der Waals surface area contributed by atoms with Crippen LogP contribution < -0.4 is 0 Å². The van der Waals surface area contributed by atoms with Crippen LogP contribution in [0.5, 0.6) is 0 Å². The highest BCUT2D eigenvalue weighted by Crippen LogP contribution is 2.38. The lowest BCUT2D eigenvalue weighted by Gasteiger charge is -2.22. The van der Waals surface area contributed by atoms with Gasteiger partial charge in [0.25, 0.3) is 0 Å². The highest BCUT2D eigenvalue weighted by molar-refractivity contribution is 6.34. The molecule has 1 N–H and O–H groups in total. The Balaban J connectivity index is 1.81. The topological polar surface area (TPSA) is 65.0 Å². The molecule has 0 bridgehead atoms. The van der Waals surface area contributed by atoms with Gasteiger partial charge in [-0.25, -0.2) is 0 Å². The fourth-order valence-electron chi connectivity index (χ4n) is 2.68. The first kappa shape index (κ1) is 14.9. The molecular formula is C15H17ClO5. The molecule has 2 fully saturated rings. The number of carbonyl (C=O) groups is 1. The predicted molar refractivity (Wildman–Crippen MR) is 75.2 cm³/mol. The minimum Gasteiger partial charge on any atom is -0.387 e. The van der Waals surface area contributed by atoms with Crippen LogP contribution in [0.2, 0.25) is 5.02 Å². The van der Waals surface area contributed by atoms with Crippen LogP contribution in [0.3, 0.4) is 0 Å². The van der Waals surface area contributed by atoms with Crippen molar-refractivity contribution in [2.75, 3.05) is 0 Å². The van der Waals surface area contributed by atoms with Gasteiger partial charge >= 0.3 is 0 Å². The summed E-state index contributed by atoms with van der Waals surface area (Å²) in [7, 11) is 0. The van der Waals surface area contributed by atoms with Gasteiger partial charge in [-0.3, -0.25) is 4.79 Å². The van der Waals surface area contributed by atoms with Crippen molar-refractivity contribution in [1.82, 2.24) is 0 Å². The number of carbonyl (C=O) groups excluding carboxylic acids is 1. The van der Waals surface area contributed by atoms with Crippen molar-refractivity contribution in [2.45, 2.75) is 51.2 Å². The van der Waals surface area contributed by atoms with Gasteiger partial charge < -0.3 is 19.3 Å². The van der Waals surface area contributed by atoms with E-state index in [1.807, 2.05) is 6.92 Å². The number of rotatable bonds is 2. The Bertz CT molecular complexity index is 585. The largest absolute Gasteiger partial charge is 0.387 e. The molecule has 2 heterocycles. The Morgan fingerprint density at radius 2 is 2.05 bits per heavy atom. The number of hydrogen-bond donors (Lipinski definition) is 1. The molecule has 2 aliphatic rings. The molecule has 0 amide bonds. The molecule has 114 valence electrons. The second kappa shape index (κ2) is 5.04. The molecule has 2 aliphatic heterocycles. The third kappa shape index (κ3) is 2.60. The summed E-state index contributed by atoms with van der Waals surface area (Å²) in [6, 6.07) is 5.13. The van der Waals surface area contributed by atoms with E-state index in [2.05, 4.69) is 0 Å². The second-order valence-electron chi connectivity index (χ2n) is 5.86. The number of aliphatic hydroxyl groups excluding tert-OH is 1. The van der Waals surface area contributed by atoms with Crippen LogP contribution in [0.15, 0.2) is 18.2 Å². The quantitative estimate of drug-likeness (QED) is 0.847. The third-order valence-corrected chi connectivity index (χ3v) is 3.98. The fourth-order valence-corrected chi connectivity index (χ4v) is 3.01. The average Bonchev–Trinajstić information content (AvgIpc) is 2.83. The summed E-state index contributed by atoms with van der Waals surface area (Å²) in [5, 5.41) is 10.6. The number of halogens is 1. The van der Waals surface area contributed by atoms with E-state index in [0.29, 0.717) is 10.6 Å². The SMILES string of the molecule is Cc1ccc(C(=O)[C@@H]2O[C@H]3OC(C)(C)O[C@H]3[C@@H]2O)c(Cl)c1. The van der Waals surface area contributed by atoms with Crippen molar-refractivity contribution < 1.29 is 24.1 Å². The van der Waals surface area contributed by atoms with Crippen molar-refractivity contribution in [2.24, 2.45) is 0 Å². The summed E-state index contributed by atoms with van der Waals surface area (Å²) in [6.45, 7) is 5.35. The van der Waals surface area contributed by atoms with Gasteiger partial charge in [0.05, 0.1) is 5.02 Å². The zero-order chi connectivity index (χ0) is 15.4.